The number of fused-ring (bicyclic) bond motifs is 1. The lowest BCUT2D eigenvalue weighted by molar-refractivity contribution is -0.384. The van der Waals surface area contributed by atoms with Crippen LogP contribution in [0.4, 0.5) is 11.4 Å². The van der Waals surface area contributed by atoms with E-state index >= 15 is 0 Å². The highest BCUT2D eigenvalue weighted by molar-refractivity contribution is 9.10. The third kappa shape index (κ3) is 5.71. The molecule has 0 saturated heterocycles. The van der Waals surface area contributed by atoms with Gasteiger partial charge in [0.1, 0.15) is 6.61 Å². The van der Waals surface area contributed by atoms with Gasteiger partial charge in [-0.3, -0.25) is 15.5 Å². The van der Waals surface area contributed by atoms with Gasteiger partial charge in [0.2, 0.25) is 0 Å². The number of nitro benzene ring substituents is 1. The maximum absolute atomic E-state index is 10.8. The molecular formula is C26H22BrN3O4. The van der Waals surface area contributed by atoms with E-state index in [1.807, 2.05) is 31.2 Å². The largest absolute Gasteiger partial charge is 0.490 e. The molecule has 0 bridgehead atoms. The van der Waals surface area contributed by atoms with Crippen LogP contribution in [0.25, 0.3) is 10.8 Å². The molecule has 0 aliphatic heterocycles. The van der Waals surface area contributed by atoms with E-state index in [1.54, 1.807) is 18.3 Å². The molecule has 172 valence electrons. The van der Waals surface area contributed by atoms with Gasteiger partial charge in [0.05, 0.1) is 23.4 Å². The number of hydrogen-bond donors (Lipinski definition) is 1. The normalized spacial score (nSPS) is 11.0. The zero-order valence-corrected chi connectivity index (χ0v) is 20.0. The average molecular weight is 520 g/mol. The molecule has 0 aliphatic rings. The third-order valence-electron chi connectivity index (χ3n) is 5.05. The molecule has 0 fully saturated rings. The first kappa shape index (κ1) is 23.3. The van der Waals surface area contributed by atoms with E-state index in [-0.39, 0.29) is 5.69 Å². The topological polar surface area (TPSA) is 86.0 Å². The Labute approximate surface area is 205 Å². The lowest BCUT2D eigenvalue weighted by Crippen LogP contribution is -2.01. The number of nitrogens with zero attached hydrogens (tertiary/aromatic N) is 2. The summed E-state index contributed by atoms with van der Waals surface area (Å²) in [6.07, 6.45) is 1.64. The third-order valence-corrected chi connectivity index (χ3v) is 5.73. The molecule has 0 atom stereocenters. The van der Waals surface area contributed by atoms with Gasteiger partial charge in [0.15, 0.2) is 11.5 Å². The fourth-order valence-corrected chi connectivity index (χ4v) is 3.78. The second kappa shape index (κ2) is 10.8. The van der Waals surface area contributed by atoms with Crippen molar-refractivity contribution < 1.29 is 14.4 Å². The number of hydrazone groups is 1. The van der Waals surface area contributed by atoms with Gasteiger partial charge in [-0.2, -0.15) is 5.10 Å². The highest BCUT2D eigenvalue weighted by atomic mass is 79.9. The van der Waals surface area contributed by atoms with E-state index in [9.17, 15) is 10.1 Å². The second-order valence-electron chi connectivity index (χ2n) is 7.40. The number of anilines is 1. The predicted molar refractivity (Wildman–Crippen MR) is 138 cm³/mol. The maximum atomic E-state index is 10.8. The fourth-order valence-electron chi connectivity index (χ4n) is 3.35. The molecular weight excluding hydrogens is 498 g/mol. The smallest absolute Gasteiger partial charge is 0.269 e. The SMILES string of the molecule is CCOc1cc(/C=N/Nc2ccc([N+](=O)[O-])cc2)c(Br)cc1OCc1ccc2ccccc2c1. The minimum Gasteiger partial charge on any atom is -0.490 e. The summed E-state index contributed by atoms with van der Waals surface area (Å²) >= 11 is 3.57. The minimum atomic E-state index is -0.441. The molecule has 34 heavy (non-hydrogen) atoms. The monoisotopic (exact) mass is 519 g/mol. The summed E-state index contributed by atoms with van der Waals surface area (Å²) in [5.74, 6) is 1.24. The first-order chi connectivity index (χ1) is 16.5. The Hall–Kier alpha value is -3.91. The standard InChI is InChI=1S/C26H22BrN3O4/c1-2-33-25-14-21(16-28-29-22-9-11-23(12-10-22)30(31)32)24(27)15-26(25)34-17-18-7-8-19-5-3-4-6-20(19)13-18/h3-16,29H,2,17H2,1H3/b28-16+. The molecule has 0 aliphatic carbocycles. The van der Waals surface area contributed by atoms with Crippen molar-refractivity contribution >= 4 is 44.3 Å². The van der Waals surface area contributed by atoms with Gasteiger partial charge < -0.3 is 9.47 Å². The molecule has 0 saturated carbocycles. The van der Waals surface area contributed by atoms with Gasteiger partial charge in [-0.15, -0.1) is 0 Å². The molecule has 0 unspecified atom stereocenters. The molecule has 1 N–H and O–H groups in total. The highest BCUT2D eigenvalue weighted by Gasteiger charge is 2.11. The second-order valence-corrected chi connectivity index (χ2v) is 8.25. The summed E-state index contributed by atoms with van der Waals surface area (Å²) in [6, 6.07) is 24.2. The quantitative estimate of drug-likeness (QED) is 0.147. The average Bonchev–Trinajstić information content (AvgIpc) is 2.85. The molecule has 0 radical (unpaired) electrons. The van der Waals surface area contributed by atoms with Crippen molar-refractivity contribution in [3.8, 4) is 11.5 Å². The van der Waals surface area contributed by atoms with Crippen molar-refractivity contribution in [2.45, 2.75) is 13.5 Å². The number of non-ortho nitro benzene ring substituents is 1. The molecule has 0 spiro atoms. The van der Waals surface area contributed by atoms with E-state index < -0.39 is 4.92 Å². The Bertz CT molecular complexity index is 1340. The molecule has 4 aromatic rings. The molecule has 0 heterocycles. The van der Waals surface area contributed by atoms with Gasteiger partial charge in [-0.25, -0.2) is 0 Å². The van der Waals surface area contributed by atoms with E-state index in [0.717, 1.165) is 15.6 Å². The van der Waals surface area contributed by atoms with Crippen LogP contribution in [-0.2, 0) is 6.61 Å². The summed E-state index contributed by atoms with van der Waals surface area (Å²) in [6.45, 7) is 2.82. The fraction of sp³-hybridized carbons (Fsp3) is 0.115. The Morgan fingerprint density at radius 3 is 2.44 bits per heavy atom. The first-order valence-corrected chi connectivity index (χ1v) is 11.4. The van der Waals surface area contributed by atoms with Crippen molar-refractivity contribution in [3.63, 3.8) is 0 Å². The lowest BCUT2D eigenvalue weighted by Gasteiger charge is -2.14. The molecule has 0 amide bonds. The molecule has 0 aromatic heterocycles. The van der Waals surface area contributed by atoms with E-state index in [0.29, 0.717) is 30.4 Å². The summed E-state index contributed by atoms with van der Waals surface area (Å²) in [4.78, 5) is 10.3. The number of halogens is 1. The summed E-state index contributed by atoms with van der Waals surface area (Å²) < 4.78 is 12.7. The lowest BCUT2D eigenvalue weighted by atomic mass is 10.1. The van der Waals surface area contributed by atoms with E-state index in [4.69, 9.17) is 9.47 Å². The van der Waals surface area contributed by atoms with Crippen LogP contribution in [0.5, 0.6) is 11.5 Å². The zero-order valence-electron chi connectivity index (χ0n) is 18.4. The highest BCUT2D eigenvalue weighted by Crippen LogP contribution is 2.34. The van der Waals surface area contributed by atoms with Crippen LogP contribution in [0.2, 0.25) is 0 Å². The van der Waals surface area contributed by atoms with Gasteiger partial charge >= 0.3 is 0 Å². The summed E-state index contributed by atoms with van der Waals surface area (Å²) in [5.41, 5.74) is 5.38. The van der Waals surface area contributed by atoms with Gasteiger partial charge in [-0.1, -0.05) is 36.4 Å². The van der Waals surface area contributed by atoms with Crippen LogP contribution < -0.4 is 14.9 Å². The van der Waals surface area contributed by atoms with Gasteiger partial charge in [-0.05, 0) is 69.5 Å². The van der Waals surface area contributed by atoms with Gasteiger partial charge in [0.25, 0.3) is 5.69 Å². The Morgan fingerprint density at radius 2 is 1.71 bits per heavy atom. The number of hydrogen-bond acceptors (Lipinski definition) is 6. The van der Waals surface area contributed by atoms with E-state index in [1.165, 1.54) is 22.9 Å². The van der Waals surface area contributed by atoms with Crippen LogP contribution in [0, 0.1) is 10.1 Å². The van der Waals surface area contributed by atoms with Crippen molar-refractivity contribution in [3.05, 3.63) is 105 Å². The van der Waals surface area contributed by atoms with Crippen molar-refractivity contribution in [2.75, 3.05) is 12.0 Å². The minimum absolute atomic E-state index is 0.0258. The predicted octanol–water partition coefficient (Wildman–Crippen LogP) is 6.93. The number of nitrogens with one attached hydrogen (secondary N) is 1. The first-order valence-electron chi connectivity index (χ1n) is 10.6. The van der Waals surface area contributed by atoms with Crippen molar-refractivity contribution in [1.82, 2.24) is 0 Å². The summed E-state index contributed by atoms with van der Waals surface area (Å²) in [7, 11) is 0. The zero-order chi connectivity index (χ0) is 23.9. The number of rotatable bonds is 9. The number of nitro groups is 1. The molecule has 7 nitrogen and oxygen atoms in total. The van der Waals surface area contributed by atoms with Gasteiger partial charge in [0, 0.05) is 22.2 Å². The van der Waals surface area contributed by atoms with Crippen LogP contribution in [-0.4, -0.2) is 17.7 Å². The number of benzene rings is 4. The Morgan fingerprint density at radius 1 is 0.971 bits per heavy atom. The Balaban J connectivity index is 1.47. The van der Waals surface area contributed by atoms with Crippen LogP contribution in [0.1, 0.15) is 18.1 Å². The summed E-state index contributed by atoms with van der Waals surface area (Å²) in [5, 5.41) is 17.4. The van der Waals surface area contributed by atoms with Crippen molar-refractivity contribution in [2.24, 2.45) is 5.10 Å². The van der Waals surface area contributed by atoms with E-state index in [2.05, 4.69) is 56.8 Å². The molecule has 4 aromatic carbocycles. The maximum Gasteiger partial charge on any atom is 0.269 e. The molecule has 4 rings (SSSR count). The van der Waals surface area contributed by atoms with Crippen LogP contribution in [0.3, 0.4) is 0 Å². The Kier molecular flexibility index (Phi) is 7.39. The number of ether oxygens (including phenoxy) is 2. The van der Waals surface area contributed by atoms with Crippen molar-refractivity contribution in [1.29, 1.82) is 0 Å². The van der Waals surface area contributed by atoms with Crippen LogP contribution in [0.15, 0.2) is 88.4 Å². The van der Waals surface area contributed by atoms with Crippen LogP contribution >= 0.6 is 15.9 Å². The molecule has 8 heteroatoms.